The molecule has 3 heteroatoms. The molecule has 24 heavy (non-hydrogen) atoms. The van der Waals surface area contributed by atoms with Crippen LogP contribution in [0.15, 0.2) is 91.0 Å². The second-order valence-corrected chi connectivity index (χ2v) is 8.80. The lowest BCUT2D eigenvalue weighted by molar-refractivity contribution is 1.49. The van der Waals surface area contributed by atoms with Gasteiger partial charge in [-0.2, -0.15) is 10.5 Å². The van der Waals surface area contributed by atoms with E-state index in [2.05, 4.69) is 97.7 Å². The summed E-state index contributed by atoms with van der Waals surface area (Å²) in [5.74, 6) is 0. The van der Waals surface area contributed by atoms with Crippen molar-refractivity contribution in [2.75, 3.05) is 6.66 Å². The van der Waals surface area contributed by atoms with Crippen molar-refractivity contribution in [2.24, 2.45) is 0 Å². The van der Waals surface area contributed by atoms with Crippen LogP contribution < -0.4 is 15.9 Å². The monoisotopic (exact) mass is 329 g/mol. The van der Waals surface area contributed by atoms with E-state index < -0.39 is 7.26 Å². The highest BCUT2D eigenvalue weighted by Crippen LogP contribution is 2.51. The Bertz CT molecular complexity index is 723. The van der Waals surface area contributed by atoms with E-state index in [1.165, 1.54) is 28.1 Å². The minimum atomic E-state index is -1.53. The largest absolute Gasteiger partial charge is 0.181 e. The Kier molecular flexibility index (Phi) is 6.27. The maximum atomic E-state index is 7.26. The number of rotatable bonds is 3. The van der Waals surface area contributed by atoms with Crippen molar-refractivity contribution in [3.8, 4) is 12.1 Å². The Labute approximate surface area is 144 Å². The van der Waals surface area contributed by atoms with Gasteiger partial charge in [-0.05, 0) is 36.4 Å². The predicted molar refractivity (Wildman–Crippen MR) is 102 cm³/mol. The van der Waals surface area contributed by atoms with Gasteiger partial charge < -0.3 is 0 Å². The molecule has 116 valence electrons. The molecule has 0 heterocycles. The van der Waals surface area contributed by atoms with Crippen molar-refractivity contribution in [1.29, 1.82) is 10.5 Å². The third kappa shape index (κ3) is 3.88. The summed E-state index contributed by atoms with van der Waals surface area (Å²) in [4.78, 5) is 0. The van der Waals surface area contributed by atoms with E-state index in [4.69, 9.17) is 10.5 Å². The van der Waals surface area contributed by atoms with Crippen molar-refractivity contribution in [3.05, 3.63) is 91.0 Å². The summed E-state index contributed by atoms with van der Waals surface area (Å²) in [7, 11) is -1.53. The fourth-order valence-electron chi connectivity index (χ4n) is 2.63. The van der Waals surface area contributed by atoms with E-state index in [1.54, 1.807) is 0 Å². The molecule has 0 unspecified atom stereocenters. The summed E-state index contributed by atoms with van der Waals surface area (Å²) in [5.41, 5.74) is 0. The fourth-order valence-corrected chi connectivity index (χ4v) is 5.83. The van der Waals surface area contributed by atoms with Gasteiger partial charge in [-0.15, -0.1) is 0 Å². The number of benzene rings is 3. The van der Waals surface area contributed by atoms with Gasteiger partial charge in [0.25, 0.3) is 0 Å². The SMILES string of the molecule is C[P+](c1ccccc1)(c1ccccc1)c1ccccc1.N#CC#N. The van der Waals surface area contributed by atoms with Gasteiger partial charge in [-0.25, -0.2) is 0 Å². The number of nitrogens with zero attached hydrogens (tertiary/aromatic N) is 2. The molecule has 0 aliphatic rings. The summed E-state index contributed by atoms with van der Waals surface area (Å²) in [5, 5.41) is 18.8. The molecule has 0 amide bonds. The second-order valence-electron chi connectivity index (χ2n) is 5.24. The van der Waals surface area contributed by atoms with Crippen LogP contribution in [0.2, 0.25) is 0 Å². The summed E-state index contributed by atoms with van der Waals surface area (Å²) in [6.07, 6.45) is 0. The highest BCUT2D eigenvalue weighted by Gasteiger charge is 2.39. The van der Waals surface area contributed by atoms with Gasteiger partial charge in [0, 0.05) is 0 Å². The fraction of sp³-hybridized carbons (Fsp3) is 0.0476. The van der Waals surface area contributed by atoms with Crippen molar-refractivity contribution in [2.45, 2.75) is 0 Å². The van der Waals surface area contributed by atoms with Gasteiger partial charge in [0.05, 0.1) is 6.66 Å². The number of hydrogen-bond acceptors (Lipinski definition) is 2. The van der Waals surface area contributed by atoms with Crippen molar-refractivity contribution in [3.63, 3.8) is 0 Å². The second kappa shape index (κ2) is 8.64. The van der Waals surface area contributed by atoms with Crippen LogP contribution in [0.5, 0.6) is 0 Å². The summed E-state index contributed by atoms with van der Waals surface area (Å²) in [6, 6.07) is 35.1. The molecule has 0 N–H and O–H groups in total. The topological polar surface area (TPSA) is 47.6 Å². The normalized spacial score (nSPS) is 9.79. The first-order valence-corrected chi connectivity index (χ1v) is 9.78. The van der Waals surface area contributed by atoms with E-state index in [0.717, 1.165) is 0 Å². The highest BCUT2D eigenvalue weighted by molar-refractivity contribution is 7.95. The molecule has 0 fully saturated rings. The molecule has 3 rings (SSSR count). The zero-order valence-electron chi connectivity index (χ0n) is 13.5. The summed E-state index contributed by atoms with van der Waals surface area (Å²) >= 11 is 0. The van der Waals surface area contributed by atoms with Gasteiger partial charge in [0.15, 0.2) is 12.1 Å². The Morgan fingerprint density at radius 1 is 0.542 bits per heavy atom. The predicted octanol–water partition coefficient (Wildman–Crippen LogP) is 3.64. The first-order valence-electron chi connectivity index (χ1n) is 7.55. The molecule has 0 radical (unpaired) electrons. The van der Waals surface area contributed by atoms with Crippen LogP contribution in [-0.4, -0.2) is 6.66 Å². The van der Waals surface area contributed by atoms with E-state index in [-0.39, 0.29) is 0 Å². The zero-order valence-corrected chi connectivity index (χ0v) is 14.4. The van der Waals surface area contributed by atoms with Crippen molar-refractivity contribution in [1.82, 2.24) is 0 Å². The first kappa shape index (κ1) is 17.4. The lowest BCUT2D eigenvalue weighted by Gasteiger charge is -2.22. The van der Waals surface area contributed by atoms with Crippen LogP contribution in [0.25, 0.3) is 0 Å². The Morgan fingerprint density at radius 2 is 0.792 bits per heavy atom. The number of nitriles is 2. The number of hydrogen-bond donors (Lipinski definition) is 0. The Hall–Kier alpha value is -2.93. The molecule has 3 aromatic rings. The van der Waals surface area contributed by atoms with E-state index in [9.17, 15) is 0 Å². The molecule has 0 aromatic heterocycles. The molecule has 0 aliphatic heterocycles. The Morgan fingerprint density at radius 3 is 1.00 bits per heavy atom. The van der Waals surface area contributed by atoms with E-state index in [1.807, 2.05) is 0 Å². The average Bonchev–Trinajstić information content (AvgIpc) is 2.69. The van der Waals surface area contributed by atoms with Gasteiger partial charge >= 0.3 is 0 Å². The first-order chi connectivity index (χ1) is 11.7. The zero-order chi connectivity index (χ0) is 17.3. The molecule has 0 saturated carbocycles. The van der Waals surface area contributed by atoms with Crippen LogP contribution in [0, 0.1) is 22.7 Å². The summed E-state index contributed by atoms with van der Waals surface area (Å²) in [6.45, 7) is 2.41. The molecular formula is C21H18N2P+. The van der Waals surface area contributed by atoms with Crippen molar-refractivity contribution >= 4 is 23.2 Å². The maximum absolute atomic E-state index is 7.26. The molecule has 0 aliphatic carbocycles. The lowest BCUT2D eigenvalue weighted by Crippen LogP contribution is -2.30. The average molecular weight is 329 g/mol. The standard InChI is InChI=1S/C19H18P.C2N2/c1-20(17-11-5-2-6-12-17,18-13-7-3-8-14-18)19-15-9-4-10-16-19;3-1-2-4/h2-16H,1H3;/q+1;. The van der Waals surface area contributed by atoms with Crippen LogP contribution in [0.3, 0.4) is 0 Å². The molecule has 2 nitrogen and oxygen atoms in total. The molecule has 3 aromatic carbocycles. The third-order valence-corrected chi connectivity index (χ3v) is 7.86. The maximum Gasteiger partial charge on any atom is 0.181 e. The Balaban J connectivity index is 0.000000471. The minimum absolute atomic E-state index is 1.24. The molecule has 0 saturated heterocycles. The van der Waals surface area contributed by atoms with E-state index >= 15 is 0 Å². The molecule has 0 spiro atoms. The molecule has 0 bridgehead atoms. The van der Waals surface area contributed by atoms with Gasteiger partial charge in [0.1, 0.15) is 23.2 Å². The third-order valence-electron chi connectivity index (χ3n) is 3.87. The lowest BCUT2D eigenvalue weighted by atomic mass is 10.4. The minimum Gasteiger partial charge on any atom is -0.181 e. The smallest absolute Gasteiger partial charge is 0.181 e. The highest BCUT2D eigenvalue weighted by atomic mass is 31.2. The molecule has 0 atom stereocenters. The van der Waals surface area contributed by atoms with Crippen LogP contribution in [-0.2, 0) is 0 Å². The molecular weight excluding hydrogens is 311 g/mol. The van der Waals surface area contributed by atoms with Gasteiger partial charge in [-0.3, -0.25) is 0 Å². The van der Waals surface area contributed by atoms with Crippen molar-refractivity contribution < 1.29 is 0 Å². The quantitative estimate of drug-likeness (QED) is 0.689. The van der Waals surface area contributed by atoms with Gasteiger partial charge in [-0.1, -0.05) is 54.6 Å². The van der Waals surface area contributed by atoms with E-state index in [0.29, 0.717) is 0 Å². The van der Waals surface area contributed by atoms with Crippen LogP contribution in [0.1, 0.15) is 0 Å². The summed E-state index contributed by atoms with van der Waals surface area (Å²) < 4.78 is 0. The van der Waals surface area contributed by atoms with Crippen LogP contribution >= 0.6 is 7.26 Å². The van der Waals surface area contributed by atoms with Gasteiger partial charge in [0.2, 0.25) is 0 Å². The van der Waals surface area contributed by atoms with Crippen LogP contribution in [0.4, 0.5) is 0 Å².